The Bertz CT molecular complexity index is 1040. The van der Waals surface area contributed by atoms with E-state index in [0.717, 1.165) is 41.1 Å². The summed E-state index contributed by atoms with van der Waals surface area (Å²) < 4.78 is 5.69. The molecule has 0 unspecified atom stereocenters. The van der Waals surface area contributed by atoms with Gasteiger partial charge in [-0.1, -0.05) is 28.9 Å². The third-order valence-electron chi connectivity index (χ3n) is 6.33. The number of aromatic nitrogens is 3. The molecule has 1 aromatic carbocycles. The van der Waals surface area contributed by atoms with Gasteiger partial charge in [0.05, 0.1) is 29.1 Å². The van der Waals surface area contributed by atoms with E-state index >= 15 is 0 Å². The number of hydrogen-bond donors (Lipinski definition) is 1. The van der Waals surface area contributed by atoms with E-state index in [4.69, 9.17) is 9.51 Å². The molecule has 1 N–H and O–H groups in total. The molecular weight excluding hydrogens is 384 g/mol. The third-order valence-corrected chi connectivity index (χ3v) is 7.15. The summed E-state index contributed by atoms with van der Waals surface area (Å²) in [5.74, 6) is 2.06. The predicted molar refractivity (Wildman–Crippen MR) is 110 cm³/mol. The highest BCUT2D eigenvalue weighted by Gasteiger charge is 2.53. The Morgan fingerprint density at radius 2 is 2.10 bits per heavy atom. The number of amides is 1. The standard InChI is InChI=1S/C22H24N4O2S/c1-12-4-3-5-16(8-12)20-25-22(28-26-20)19-15-7-6-14(9-15)18(19)21(27)23-10-17-11-29-13(2)24-17/h3-5,8,11,14-15,18-19H,6-7,9-10H2,1-2H3,(H,23,27)/t14-,15+,18-,19-/m0/s1. The monoisotopic (exact) mass is 408 g/mol. The maximum Gasteiger partial charge on any atom is 0.231 e. The Kier molecular flexibility index (Phi) is 4.70. The fourth-order valence-electron chi connectivity index (χ4n) is 5.08. The molecule has 6 nitrogen and oxygen atoms in total. The van der Waals surface area contributed by atoms with Crippen LogP contribution in [0.4, 0.5) is 0 Å². The van der Waals surface area contributed by atoms with Gasteiger partial charge in [0.25, 0.3) is 0 Å². The van der Waals surface area contributed by atoms with Crippen molar-refractivity contribution in [2.45, 2.75) is 45.6 Å². The zero-order valence-electron chi connectivity index (χ0n) is 16.6. The van der Waals surface area contributed by atoms with Crippen molar-refractivity contribution in [1.82, 2.24) is 20.4 Å². The molecule has 2 heterocycles. The number of carbonyl (C=O) groups is 1. The normalized spacial score (nSPS) is 25.4. The number of nitrogens with zero attached hydrogens (tertiary/aromatic N) is 3. The summed E-state index contributed by atoms with van der Waals surface area (Å²) in [4.78, 5) is 22.2. The third kappa shape index (κ3) is 3.48. The first-order valence-corrected chi connectivity index (χ1v) is 11.1. The molecule has 2 fully saturated rings. The molecule has 2 aliphatic carbocycles. The summed E-state index contributed by atoms with van der Waals surface area (Å²) in [6, 6.07) is 8.08. The molecule has 2 aromatic heterocycles. The molecule has 4 atom stereocenters. The topological polar surface area (TPSA) is 80.9 Å². The number of nitrogens with one attached hydrogen (secondary N) is 1. The molecule has 29 heavy (non-hydrogen) atoms. The van der Waals surface area contributed by atoms with Crippen LogP contribution in [-0.2, 0) is 11.3 Å². The van der Waals surface area contributed by atoms with E-state index in [1.165, 1.54) is 0 Å². The highest BCUT2D eigenvalue weighted by Crippen LogP contribution is 2.56. The summed E-state index contributed by atoms with van der Waals surface area (Å²) in [5.41, 5.74) is 3.02. The molecule has 5 rings (SSSR count). The Morgan fingerprint density at radius 1 is 1.24 bits per heavy atom. The lowest BCUT2D eigenvalue weighted by atomic mass is 9.78. The first kappa shape index (κ1) is 18.5. The first-order chi connectivity index (χ1) is 14.1. The fourth-order valence-corrected chi connectivity index (χ4v) is 5.69. The van der Waals surface area contributed by atoms with Crippen LogP contribution < -0.4 is 5.32 Å². The zero-order valence-corrected chi connectivity index (χ0v) is 17.4. The lowest BCUT2D eigenvalue weighted by Gasteiger charge is -2.27. The second kappa shape index (κ2) is 7.37. The second-order valence-corrected chi connectivity index (χ2v) is 9.35. The summed E-state index contributed by atoms with van der Waals surface area (Å²) >= 11 is 1.60. The first-order valence-electron chi connectivity index (χ1n) is 10.2. The van der Waals surface area contributed by atoms with Gasteiger partial charge < -0.3 is 9.84 Å². The lowest BCUT2D eigenvalue weighted by molar-refractivity contribution is -0.127. The van der Waals surface area contributed by atoms with Crippen LogP contribution >= 0.6 is 11.3 Å². The number of benzene rings is 1. The smallest absolute Gasteiger partial charge is 0.231 e. The zero-order chi connectivity index (χ0) is 20.0. The van der Waals surface area contributed by atoms with Crippen molar-refractivity contribution in [3.63, 3.8) is 0 Å². The van der Waals surface area contributed by atoms with Crippen LogP contribution in [0, 0.1) is 31.6 Å². The maximum atomic E-state index is 13.1. The van der Waals surface area contributed by atoms with E-state index in [2.05, 4.69) is 21.5 Å². The molecule has 3 aromatic rings. The molecule has 0 aliphatic heterocycles. The van der Waals surface area contributed by atoms with Crippen LogP contribution in [0.3, 0.4) is 0 Å². The van der Waals surface area contributed by atoms with Crippen molar-refractivity contribution < 1.29 is 9.32 Å². The maximum absolute atomic E-state index is 13.1. The summed E-state index contributed by atoms with van der Waals surface area (Å²) in [5, 5.41) is 10.3. The van der Waals surface area contributed by atoms with Crippen molar-refractivity contribution in [2.24, 2.45) is 17.8 Å². The molecule has 0 radical (unpaired) electrons. The van der Waals surface area contributed by atoms with E-state index in [0.29, 0.717) is 30.1 Å². The van der Waals surface area contributed by atoms with Crippen molar-refractivity contribution in [1.29, 1.82) is 0 Å². The van der Waals surface area contributed by atoms with Crippen molar-refractivity contribution in [3.8, 4) is 11.4 Å². The summed E-state index contributed by atoms with van der Waals surface area (Å²) in [7, 11) is 0. The Balaban J connectivity index is 1.36. The SMILES string of the molecule is Cc1cccc(-c2noc([C@H]3[C@@H]4CC[C@@H](C4)[C@@H]3C(=O)NCc3csc(C)n3)n2)c1. The Labute approximate surface area is 173 Å². The minimum Gasteiger partial charge on any atom is -0.350 e. The number of aryl methyl sites for hydroxylation is 2. The largest absolute Gasteiger partial charge is 0.350 e. The van der Waals surface area contributed by atoms with E-state index in [1.807, 2.05) is 37.4 Å². The van der Waals surface area contributed by atoms with Gasteiger partial charge in [-0.2, -0.15) is 4.98 Å². The van der Waals surface area contributed by atoms with E-state index in [-0.39, 0.29) is 17.7 Å². The quantitative estimate of drug-likeness (QED) is 0.682. The number of hydrogen-bond acceptors (Lipinski definition) is 6. The Morgan fingerprint density at radius 3 is 2.90 bits per heavy atom. The van der Waals surface area contributed by atoms with Crippen LogP contribution in [0.25, 0.3) is 11.4 Å². The fraction of sp³-hybridized carbons (Fsp3) is 0.455. The van der Waals surface area contributed by atoms with Gasteiger partial charge in [-0.3, -0.25) is 4.79 Å². The molecule has 2 saturated carbocycles. The molecular formula is C22H24N4O2S. The molecule has 0 spiro atoms. The predicted octanol–water partition coefficient (Wildman–Crippen LogP) is 4.26. The minimum absolute atomic E-state index is 0.0111. The molecule has 150 valence electrons. The lowest BCUT2D eigenvalue weighted by Crippen LogP contribution is -2.37. The molecule has 7 heteroatoms. The average molecular weight is 409 g/mol. The van der Waals surface area contributed by atoms with Gasteiger partial charge >= 0.3 is 0 Å². The van der Waals surface area contributed by atoms with Crippen LogP contribution in [0.2, 0.25) is 0 Å². The van der Waals surface area contributed by atoms with E-state index < -0.39 is 0 Å². The van der Waals surface area contributed by atoms with Crippen molar-refractivity contribution >= 4 is 17.2 Å². The van der Waals surface area contributed by atoms with Crippen molar-refractivity contribution in [2.75, 3.05) is 0 Å². The van der Waals surface area contributed by atoms with E-state index in [9.17, 15) is 4.79 Å². The Hall–Kier alpha value is -2.54. The van der Waals surface area contributed by atoms with Gasteiger partial charge in [0.15, 0.2) is 0 Å². The van der Waals surface area contributed by atoms with E-state index in [1.54, 1.807) is 11.3 Å². The molecule has 1 amide bonds. The molecule has 0 saturated heterocycles. The highest BCUT2D eigenvalue weighted by atomic mass is 32.1. The van der Waals surface area contributed by atoms with Gasteiger partial charge in [0, 0.05) is 10.9 Å². The van der Waals surface area contributed by atoms with Gasteiger partial charge in [-0.15, -0.1) is 11.3 Å². The summed E-state index contributed by atoms with van der Waals surface area (Å²) in [6.45, 7) is 4.50. The van der Waals surface area contributed by atoms with Crippen LogP contribution in [0.15, 0.2) is 34.2 Å². The number of fused-ring (bicyclic) bond motifs is 2. The number of rotatable bonds is 5. The van der Waals surface area contributed by atoms with Gasteiger partial charge in [-0.25, -0.2) is 4.98 Å². The van der Waals surface area contributed by atoms with Gasteiger partial charge in [0.1, 0.15) is 0 Å². The van der Waals surface area contributed by atoms with Crippen LogP contribution in [0.5, 0.6) is 0 Å². The average Bonchev–Trinajstić information content (AvgIpc) is 3.49. The number of thiazole rings is 1. The minimum atomic E-state index is -0.0979. The summed E-state index contributed by atoms with van der Waals surface area (Å²) in [6.07, 6.45) is 3.31. The van der Waals surface area contributed by atoms with Gasteiger partial charge in [-0.05, 0) is 51.0 Å². The highest BCUT2D eigenvalue weighted by molar-refractivity contribution is 7.09. The second-order valence-electron chi connectivity index (χ2n) is 8.29. The van der Waals surface area contributed by atoms with Crippen LogP contribution in [-0.4, -0.2) is 21.0 Å². The van der Waals surface area contributed by atoms with Crippen LogP contribution in [0.1, 0.15) is 47.3 Å². The molecule has 2 bridgehead atoms. The van der Waals surface area contributed by atoms with Crippen molar-refractivity contribution in [3.05, 3.63) is 51.8 Å². The number of carbonyl (C=O) groups excluding carboxylic acids is 1. The van der Waals surface area contributed by atoms with Gasteiger partial charge in [0.2, 0.25) is 17.6 Å². The molecule has 2 aliphatic rings.